The van der Waals surface area contributed by atoms with Crippen LogP contribution in [0.2, 0.25) is 20.1 Å². The number of hydrogen-bond acceptors (Lipinski definition) is 36. The topological polar surface area (TPSA) is 597 Å². The second-order valence-electron chi connectivity index (χ2n) is 29.4. The molecule has 8 aliphatic heterocycles. The molecule has 0 radical (unpaired) electrons. The van der Waals surface area contributed by atoms with Crippen LogP contribution in [0.25, 0.3) is 0 Å². The standard InChI is InChI=1S/4C18H19ClFN2O9P/c4*1-8-3-9(2)13-10(4-8)6-28-32(27,31-13)29-7-18(20)14(24)12(23)16(30-18)22-5-11(19)15(25)21-17(22)26/h4*3-5,12,14,16,23-24H,6-7H2,1-2H3,(H,21,25,26)/t4*12-,14+,16-,18-,32?/m1111/s1/i7D2,16D;16D;7D2;. The lowest BCUT2D eigenvalue weighted by molar-refractivity contribution is -0.205. The number of ether oxygens (including phenoxy) is 4. The Labute approximate surface area is 742 Å². The number of rotatable bonds is 16. The first-order valence-electron chi connectivity index (χ1n) is 39.8. The van der Waals surface area contributed by atoms with Crippen LogP contribution < -0.4 is 63.1 Å². The van der Waals surface area contributed by atoms with Gasteiger partial charge in [0.25, 0.3) is 45.7 Å². The number of nitrogens with one attached hydrogen (secondary N) is 4. The van der Waals surface area contributed by atoms with Crippen LogP contribution in [0, 0.1) is 55.4 Å². The Bertz CT molecular complexity index is 6800. The molecule has 0 aliphatic carbocycles. The number of alkyl halides is 4. The van der Waals surface area contributed by atoms with Crippen molar-refractivity contribution in [2.24, 2.45) is 0 Å². The highest BCUT2D eigenvalue weighted by molar-refractivity contribution is 7.49. The molecule has 4 fully saturated rings. The van der Waals surface area contributed by atoms with E-state index in [2.05, 4.69) is 0 Å². The van der Waals surface area contributed by atoms with Crippen molar-refractivity contribution in [3.05, 3.63) is 244 Å². The summed E-state index contributed by atoms with van der Waals surface area (Å²) in [6.45, 7) is 3.04. The van der Waals surface area contributed by atoms with Crippen LogP contribution in [0.5, 0.6) is 23.0 Å². The highest BCUT2D eigenvalue weighted by atomic mass is 35.5. The first-order chi connectivity index (χ1) is 61.9. The van der Waals surface area contributed by atoms with E-state index < -0.39 is 220 Å². The summed E-state index contributed by atoms with van der Waals surface area (Å²) in [5.41, 5.74) is -0.696. The maximum atomic E-state index is 15.9. The Balaban J connectivity index is 0.000000152. The smallest absolute Gasteiger partial charge is 0.403 e. The number of aromatic nitrogens is 8. The fourth-order valence-electron chi connectivity index (χ4n) is 13.5. The molecule has 16 rings (SSSR count). The Hall–Kier alpha value is -8.20. The molecular formula is C72H76Cl4F4N8O36P4. The average molecular weight is 1980 g/mol. The highest BCUT2D eigenvalue weighted by Crippen LogP contribution is 2.61. The van der Waals surface area contributed by atoms with E-state index >= 15 is 17.6 Å². The van der Waals surface area contributed by atoms with Crippen molar-refractivity contribution in [2.75, 3.05) is 26.3 Å². The van der Waals surface area contributed by atoms with Gasteiger partial charge in [-0.2, -0.15) is 0 Å². The molecule has 44 nitrogen and oxygen atoms in total. The van der Waals surface area contributed by atoms with E-state index in [1.165, 1.54) is 0 Å². The average Bonchev–Trinajstić information content (AvgIpc) is 1.55. The zero-order chi connectivity index (χ0) is 99.1. The van der Waals surface area contributed by atoms with Crippen molar-refractivity contribution in [1.82, 2.24) is 38.2 Å². The number of phosphoric acid groups is 4. The van der Waals surface area contributed by atoms with Gasteiger partial charge in [0.1, 0.15) is 118 Å². The molecule has 8 aliphatic rings. The molecule has 20 atom stereocenters. The van der Waals surface area contributed by atoms with Crippen LogP contribution in [0.15, 0.2) is 112 Å². The SMILES string of the molecule is Cc1cc(C)c2c(c1)COP(=O)(OC[C@@]1(F)O[C@@H](n3cc(Cl)c(=O)[nH]c3=O)[C@H](O)[C@@H]1O)O2.[2H]C([2H])(OP1(=O)OCc2cc(C)cc(C)c2O1)[C@@]1(F)O[C@@H](n2cc(Cl)c(=O)[nH]c2=O)[C@H](O)[C@@H]1O.[2H]C([2H])(OP1(=O)OCc2cc(C)cc(C)c2O1)[C@@]1(F)O[C@@]([2H])(n2cc(Cl)c(=O)[nH]c2=O)[C@H](O)[C@@H]1O.[2H][C@@]1(n2cc(Cl)c(=O)[nH]c2=O)O[C@](F)(COP2(=O)OCc3cc(C)cc(C)c3O2)[C@@H](O)[C@H]1O. The minimum atomic E-state index is -4.87. The maximum Gasteiger partial charge on any atom is 0.530 e. The van der Waals surface area contributed by atoms with E-state index in [1.807, 2.05) is 25.8 Å². The lowest BCUT2D eigenvalue weighted by atomic mass is 10.1. The third-order valence-corrected chi connectivity index (χ3v) is 25.5. The van der Waals surface area contributed by atoms with Crippen molar-refractivity contribution in [3.63, 3.8) is 0 Å². The van der Waals surface area contributed by atoms with Gasteiger partial charge < -0.3 is 77.9 Å². The summed E-state index contributed by atoms with van der Waals surface area (Å²) in [4.78, 5) is 101. The van der Waals surface area contributed by atoms with Gasteiger partial charge in [0.15, 0.2) is 24.9 Å². The van der Waals surface area contributed by atoms with Gasteiger partial charge >= 0.3 is 54.0 Å². The van der Waals surface area contributed by atoms with Crippen LogP contribution in [0.1, 0.15) is 99.8 Å². The second kappa shape index (κ2) is 36.7. The van der Waals surface area contributed by atoms with Crippen LogP contribution in [-0.2, 0) is 99.8 Å². The molecule has 0 bridgehead atoms. The van der Waals surface area contributed by atoms with Crippen molar-refractivity contribution >= 4 is 77.7 Å². The third kappa shape index (κ3) is 20.0. The van der Waals surface area contributed by atoms with Gasteiger partial charge in [-0.25, -0.2) is 55.0 Å². The number of benzene rings is 4. The van der Waals surface area contributed by atoms with Crippen molar-refractivity contribution in [3.8, 4) is 23.0 Å². The second-order valence-corrected chi connectivity index (χ2v) is 37.2. The Kier molecular flexibility index (Phi) is 25.6. The molecule has 128 heavy (non-hydrogen) atoms. The molecule has 12 N–H and O–H groups in total. The van der Waals surface area contributed by atoms with Crippen molar-refractivity contribution in [2.45, 2.75) is 179 Å². The third-order valence-electron chi connectivity index (χ3n) is 19.5. The number of H-pyrrole nitrogens is 4. The van der Waals surface area contributed by atoms with Gasteiger partial charge in [0, 0.05) is 47.0 Å². The number of halogens is 8. The fraction of sp³-hybridized carbons (Fsp3) is 0.444. The van der Waals surface area contributed by atoms with Gasteiger partial charge in [0.05, 0.1) is 34.7 Å². The number of fused-ring (bicyclic) bond motifs is 4. The van der Waals surface area contributed by atoms with Crippen molar-refractivity contribution < 1.29 is 158 Å². The molecule has 4 aromatic carbocycles. The number of aliphatic hydroxyl groups is 8. The van der Waals surface area contributed by atoms with Gasteiger partial charge in [-0.1, -0.05) is 117 Å². The van der Waals surface area contributed by atoms with Gasteiger partial charge in [0.2, 0.25) is 0 Å². The summed E-state index contributed by atoms with van der Waals surface area (Å²) >= 11 is 22.6. The molecule has 56 heteroatoms. The van der Waals surface area contributed by atoms with Crippen LogP contribution in [0.3, 0.4) is 0 Å². The minimum absolute atomic E-state index is 0.0612. The monoisotopic (exact) mass is 1970 g/mol. The molecule has 4 aromatic heterocycles. The highest BCUT2D eigenvalue weighted by Gasteiger charge is 2.62. The zero-order valence-corrected chi connectivity index (χ0v) is 73.2. The Morgan fingerprint density at radius 2 is 0.617 bits per heavy atom. The minimum Gasteiger partial charge on any atom is -0.403 e. The number of nitrogens with zero attached hydrogens (tertiary/aromatic N) is 4. The molecule has 0 amide bonds. The zero-order valence-electron chi connectivity index (χ0n) is 72.6. The number of hydrogen-bond donors (Lipinski definition) is 12. The summed E-state index contributed by atoms with van der Waals surface area (Å²) in [5, 5.41) is 80.0. The van der Waals surface area contributed by atoms with E-state index in [0.717, 1.165) is 28.5 Å². The number of aryl methyl sites for hydroxylation is 8. The van der Waals surface area contributed by atoms with Gasteiger partial charge in [-0.05, 0) is 77.6 Å². The van der Waals surface area contributed by atoms with Gasteiger partial charge in [-0.3, -0.25) is 93.6 Å². The number of aliphatic hydroxyl groups excluding tert-OH is 8. The summed E-state index contributed by atoms with van der Waals surface area (Å²) in [7, 11) is -18.3. The van der Waals surface area contributed by atoms with Crippen LogP contribution >= 0.6 is 77.7 Å². The quantitative estimate of drug-likeness (QED) is 0.0400. The summed E-state index contributed by atoms with van der Waals surface area (Å²) in [5.74, 6) is -13.7. The molecule has 12 heterocycles. The summed E-state index contributed by atoms with van der Waals surface area (Å²) < 4.78 is 245. The van der Waals surface area contributed by atoms with E-state index in [-0.39, 0.29) is 54.0 Å². The molecule has 696 valence electrons. The van der Waals surface area contributed by atoms with E-state index in [0.29, 0.717) is 76.8 Å². The molecule has 8 aromatic rings. The first kappa shape index (κ1) is 89.0. The normalized spacial score (nSPS) is 33.9. The predicted molar refractivity (Wildman–Crippen MR) is 429 cm³/mol. The predicted octanol–water partition coefficient (Wildman–Crippen LogP) is 5.83. The largest absolute Gasteiger partial charge is 0.530 e. The molecule has 4 unspecified atom stereocenters. The first-order valence-corrected chi connectivity index (χ1v) is 44.2. The number of aromatic amines is 4. The van der Waals surface area contributed by atoms with E-state index in [1.54, 1.807) is 98.1 Å². The van der Waals surface area contributed by atoms with E-state index in [4.69, 9.17) is 128 Å². The van der Waals surface area contributed by atoms with E-state index in [9.17, 15) is 97.5 Å². The number of phosphoric ester groups is 4. The van der Waals surface area contributed by atoms with Crippen molar-refractivity contribution in [1.29, 1.82) is 0 Å². The fourth-order valence-corrected chi connectivity index (χ4v) is 19.0. The lowest BCUT2D eigenvalue weighted by Gasteiger charge is -2.29. The van der Waals surface area contributed by atoms with Crippen LogP contribution in [-0.4, -0.2) is 178 Å². The maximum absolute atomic E-state index is 15.9. The summed E-state index contributed by atoms with van der Waals surface area (Å²) in [6, 6.07) is 13.8. The molecule has 0 spiro atoms. The molecule has 0 saturated carbocycles. The summed E-state index contributed by atoms with van der Waals surface area (Å²) in [6.07, 6.45) is -26.6. The van der Waals surface area contributed by atoms with Crippen LogP contribution in [0.4, 0.5) is 17.6 Å². The van der Waals surface area contributed by atoms with Gasteiger partial charge in [-0.15, -0.1) is 0 Å². The molecular weight excluding hydrogens is 1890 g/mol. The molecule has 4 saturated heterocycles. The Morgan fingerprint density at radius 1 is 0.383 bits per heavy atom. The Morgan fingerprint density at radius 3 is 0.930 bits per heavy atom. The lowest BCUT2D eigenvalue weighted by Crippen LogP contribution is -2.43.